The highest BCUT2D eigenvalue weighted by molar-refractivity contribution is 6.37. The highest BCUT2D eigenvalue weighted by atomic mass is 16.2. The normalized spacial score (nSPS) is 14.3. The van der Waals surface area contributed by atoms with Gasteiger partial charge in [-0.1, -0.05) is 85.2 Å². The van der Waals surface area contributed by atoms with Crippen molar-refractivity contribution in [1.29, 1.82) is 0 Å². The second-order valence-corrected chi connectivity index (χ2v) is 13.4. The number of hydrogen-bond donors (Lipinski definition) is 4. The maximum Gasteiger partial charge on any atom is 0.289 e. The number of ketones is 1. The molecule has 0 bridgehead atoms. The van der Waals surface area contributed by atoms with Crippen LogP contribution in [0.5, 0.6) is 0 Å². The van der Waals surface area contributed by atoms with E-state index in [-0.39, 0.29) is 30.7 Å². The number of likely N-dealkylation sites (tertiary alicyclic amines) is 1. The van der Waals surface area contributed by atoms with Crippen LogP contribution in [0.2, 0.25) is 0 Å². The van der Waals surface area contributed by atoms with Crippen LogP contribution in [0.1, 0.15) is 92.2 Å². The number of nitrogens with zero attached hydrogens (tertiary/aromatic N) is 1. The number of amides is 4. The fraction of sp³-hybridized carbons (Fsp3) is 0.647. The Morgan fingerprint density at radius 2 is 1.42 bits per heavy atom. The zero-order valence-electron chi connectivity index (χ0n) is 29.1. The first kappa shape index (κ1) is 41.4. The van der Waals surface area contributed by atoms with Gasteiger partial charge in [0.15, 0.2) is 0 Å². The SMILES string of the molecule is CC.CN1CCCC1.Cc1ccc(CNC(=O)C(=O)CNC(=O)[C@H](CC=O)NC(=O)[C@@H](NC(=O)CC(C)(C)C)C(C)(C)C)cc1. The van der Waals surface area contributed by atoms with Gasteiger partial charge in [0.25, 0.3) is 5.91 Å². The van der Waals surface area contributed by atoms with Crippen molar-refractivity contribution in [3.63, 3.8) is 0 Å². The molecule has 1 saturated heterocycles. The molecule has 1 aliphatic rings. The van der Waals surface area contributed by atoms with Crippen LogP contribution in [0.4, 0.5) is 0 Å². The first-order valence-electron chi connectivity index (χ1n) is 15.8. The van der Waals surface area contributed by atoms with E-state index in [0.29, 0.717) is 6.29 Å². The molecule has 1 aromatic carbocycles. The van der Waals surface area contributed by atoms with Gasteiger partial charge in [0.1, 0.15) is 18.4 Å². The molecule has 4 amide bonds. The molecule has 2 atom stereocenters. The van der Waals surface area contributed by atoms with E-state index in [2.05, 4.69) is 33.2 Å². The predicted octanol–water partition coefficient (Wildman–Crippen LogP) is 3.08. The van der Waals surface area contributed by atoms with E-state index in [0.717, 1.165) is 11.1 Å². The maximum absolute atomic E-state index is 13.0. The van der Waals surface area contributed by atoms with Crippen LogP contribution in [-0.2, 0) is 35.3 Å². The highest BCUT2D eigenvalue weighted by Crippen LogP contribution is 2.22. The molecule has 0 spiro atoms. The third-order valence-electron chi connectivity index (χ3n) is 6.67. The summed E-state index contributed by atoms with van der Waals surface area (Å²) in [4.78, 5) is 75.9. The van der Waals surface area contributed by atoms with Crippen molar-refractivity contribution in [3.8, 4) is 0 Å². The largest absolute Gasteiger partial charge is 0.347 e. The molecule has 254 valence electrons. The molecule has 11 nitrogen and oxygen atoms in total. The molecular formula is C34H57N5O6. The summed E-state index contributed by atoms with van der Waals surface area (Å²) < 4.78 is 0. The molecule has 0 unspecified atom stereocenters. The molecule has 1 aliphatic heterocycles. The van der Waals surface area contributed by atoms with Gasteiger partial charge >= 0.3 is 0 Å². The summed E-state index contributed by atoms with van der Waals surface area (Å²) in [6, 6.07) is 5.16. The van der Waals surface area contributed by atoms with Crippen LogP contribution >= 0.6 is 0 Å². The second-order valence-electron chi connectivity index (χ2n) is 13.4. The molecule has 1 heterocycles. The van der Waals surface area contributed by atoms with Gasteiger partial charge in [-0.2, -0.15) is 0 Å². The van der Waals surface area contributed by atoms with Crippen LogP contribution in [0.3, 0.4) is 0 Å². The van der Waals surface area contributed by atoms with Crippen LogP contribution in [0.15, 0.2) is 24.3 Å². The van der Waals surface area contributed by atoms with Gasteiger partial charge < -0.3 is 31.0 Å². The van der Waals surface area contributed by atoms with Crippen molar-refractivity contribution in [2.75, 3.05) is 26.7 Å². The summed E-state index contributed by atoms with van der Waals surface area (Å²) in [6.07, 6.45) is 3.13. The quantitative estimate of drug-likeness (QED) is 0.204. The summed E-state index contributed by atoms with van der Waals surface area (Å²) >= 11 is 0. The average Bonchev–Trinajstić information content (AvgIpc) is 3.44. The van der Waals surface area contributed by atoms with Crippen LogP contribution in [-0.4, -0.2) is 79.4 Å². The fourth-order valence-electron chi connectivity index (χ4n) is 4.18. The van der Waals surface area contributed by atoms with Crippen LogP contribution in [0.25, 0.3) is 0 Å². The molecule has 0 saturated carbocycles. The molecular weight excluding hydrogens is 574 g/mol. The smallest absolute Gasteiger partial charge is 0.289 e. The Hall–Kier alpha value is -3.60. The number of aldehydes is 1. The van der Waals surface area contributed by atoms with E-state index in [4.69, 9.17) is 0 Å². The summed E-state index contributed by atoms with van der Waals surface area (Å²) in [5, 5.41) is 9.99. The summed E-state index contributed by atoms with van der Waals surface area (Å²) in [5.41, 5.74) is 0.896. The minimum atomic E-state index is -1.28. The third-order valence-corrected chi connectivity index (χ3v) is 6.67. The van der Waals surface area contributed by atoms with E-state index >= 15 is 0 Å². The molecule has 2 rings (SSSR count). The van der Waals surface area contributed by atoms with Crippen molar-refractivity contribution in [1.82, 2.24) is 26.2 Å². The Balaban J connectivity index is 0.00000211. The van der Waals surface area contributed by atoms with E-state index in [1.54, 1.807) is 20.8 Å². The average molecular weight is 632 g/mol. The van der Waals surface area contributed by atoms with E-state index < -0.39 is 47.5 Å². The Morgan fingerprint density at radius 3 is 1.87 bits per heavy atom. The van der Waals surface area contributed by atoms with E-state index in [9.17, 15) is 28.8 Å². The molecule has 11 heteroatoms. The minimum absolute atomic E-state index is 0.151. The standard InChI is InChI=1S/C27H40N4O6.C5H11N.C2H6/c1-17-8-10-18(11-9-17)15-28-24(36)20(33)16-29-23(35)19(12-13-32)30-25(37)22(27(5,6)7)31-21(34)14-26(2,3)4;1-6-4-2-3-5-6;1-2/h8-11,13,19,22H,12,14-16H2,1-7H3,(H,28,36)(H,29,35)(H,30,37)(H,31,34);2-5H2,1H3;1-2H3/t19-,22+;;/m0../s1. The number of nitrogens with one attached hydrogen (secondary N) is 4. The number of Topliss-reactive ketones (excluding diaryl/α,β-unsaturated/α-hetero) is 1. The van der Waals surface area contributed by atoms with E-state index in [1.807, 2.05) is 65.8 Å². The molecule has 0 aliphatic carbocycles. The molecule has 1 aromatic rings. The van der Waals surface area contributed by atoms with Gasteiger partial charge in [0, 0.05) is 19.4 Å². The van der Waals surface area contributed by atoms with Crippen molar-refractivity contribution < 1.29 is 28.8 Å². The summed E-state index contributed by atoms with van der Waals surface area (Å²) in [6.45, 7) is 19.1. The molecule has 0 aromatic heterocycles. The predicted molar refractivity (Wildman–Crippen MR) is 177 cm³/mol. The van der Waals surface area contributed by atoms with Gasteiger partial charge in [-0.3, -0.25) is 24.0 Å². The Morgan fingerprint density at radius 1 is 0.867 bits per heavy atom. The fourth-order valence-corrected chi connectivity index (χ4v) is 4.18. The number of carbonyl (C=O) groups excluding carboxylic acids is 6. The third kappa shape index (κ3) is 18.1. The van der Waals surface area contributed by atoms with E-state index in [1.165, 1.54) is 25.9 Å². The Bertz CT molecular complexity index is 1100. The molecule has 45 heavy (non-hydrogen) atoms. The summed E-state index contributed by atoms with van der Waals surface area (Å²) in [5.74, 6) is -3.50. The second kappa shape index (κ2) is 20.4. The maximum atomic E-state index is 13.0. The topological polar surface area (TPSA) is 154 Å². The minimum Gasteiger partial charge on any atom is -0.347 e. The zero-order valence-corrected chi connectivity index (χ0v) is 29.1. The first-order valence-corrected chi connectivity index (χ1v) is 15.8. The lowest BCUT2D eigenvalue weighted by Crippen LogP contribution is -2.58. The number of hydrogen-bond acceptors (Lipinski definition) is 7. The first-order chi connectivity index (χ1) is 20.9. The van der Waals surface area contributed by atoms with Gasteiger partial charge in [-0.05, 0) is 56.3 Å². The summed E-state index contributed by atoms with van der Waals surface area (Å²) in [7, 11) is 2.17. The van der Waals surface area contributed by atoms with Gasteiger partial charge in [0.05, 0.1) is 6.54 Å². The molecule has 0 radical (unpaired) electrons. The molecule has 4 N–H and O–H groups in total. The lowest BCUT2D eigenvalue weighted by molar-refractivity contribution is -0.138. The molecule has 1 fully saturated rings. The van der Waals surface area contributed by atoms with Crippen LogP contribution in [0, 0.1) is 17.8 Å². The van der Waals surface area contributed by atoms with Gasteiger partial charge in [-0.15, -0.1) is 0 Å². The van der Waals surface area contributed by atoms with Crippen molar-refractivity contribution in [3.05, 3.63) is 35.4 Å². The highest BCUT2D eigenvalue weighted by Gasteiger charge is 2.35. The Labute approximate surface area is 270 Å². The van der Waals surface area contributed by atoms with Gasteiger partial charge in [-0.25, -0.2) is 0 Å². The van der Waals surface area contributed by atoms with Gasteiger partial charge in [0.2, 0.25) is 23.5 Å². The Kier molecular flexibility index (Phi) is 18.8. The lowest BCUT2D eigenvalue weighted by Gasteiger charge is -2.32. The van der Waals surface area contributed by atoms with Crippen molar-refractivity contribution in [2.24, 2.45) is 10.8 Å². The monoisotopic (exact) mass is 631 g/mol. The number of benzene rings is 1. The zero-order chi connectivity index (χ0) is 34.8. The lowest BCUT2D eigenvalue weighted by atomic mass is 9.85. The number of aryl methyl sites for hydroxylation is 1. The van der Waals surface area contributed by atoms with Crippen molar-refractivity contribution >= 4 is 35.7 Å². The van der Waals surface area contributed by atoms with Crippen molar-refractivity contribution in [2.45, 2.75) is 107 Å². The number of carbonyl (C=O) groups is 6. The number of rotatable bonds is 12. The van der Waals surface area contributed by atoms with Crippen LogP contribution < -0.4 is 21.3 Å².